The summed E-state index contributed by atoms with van der Waals surface area (Å²) in [6.45, 7) is 3.13. The predicted octanol–water partition coefficient (Wildman–Crippen LogP) is 1.19. The van der Waals surface area contributed by atoms with E-state index in [9.17, 15) is 25.5 Å². The summed E-state index contributed by atoms with van der Waals surface area (Å²) >= 11 is 0. The molecule has 1 saturated carbocycles. The second-order valence-electron chi connectivity index (χ2n) is 8.98. The predicted molar refractivity (Wildman–Crippen MR) is 119 cm³/mol. The van der Waals surface area contributed by atoms with Crippen LogP contribution in [-0.4, -0.2) is 68.4 Å². The van der Waals surface area contributed by atoms with E-state index in [0.29, 0.717) is 23.8 Å². The van der Waals surface area contributed by atoms with Gasteiger partial charge >= 0.3 is 0 Å². The molecule has 2 aromatic carbocycles. The number of hydrogen-bond donors (Lipinski definition) is 5. The van der Waals surface area contributed by atoms with E-state index < -0.39 is 36.8 Å². The zero-order valence-corrected chi connectivity index (χ0v) is 18.8. The molecule has 0 unspecified atom stereocenters. The van der Waals surface area contributed by atoms with Crippen LogP contribution in [0.1, 0.15) is 42.0 Å². The first-order valence-electron chi connectivity index (χ1n) is 11.3. The van der Waals surface area contributed by atoms with E-state index in [1.165, 1.54) is 6.92 Å². The van der Waals surface area contributed by atoms with Gasteiger partial charge < -0.3 is 39.7 Å². The first-order chi connectivity index (χ1) is 15.8. The van der Waals surface area contributed by atoms with Crippen LogP contribution in [0.4, 0.5) is 0 Å². The summed E-state index contributed by atoms with van der Waals surface area (Å²) in [5, 5.41) is 50.4. The fraction of sp³-hybridized carbons (Fsp3) is 0.520. The highest BCUT2D eigenvalue weighted by atomic mass is 16.7. The molecule has 2 aromatic rings. The minimum atomic E-state index is -1.55. The van der Waals surface area contributed by atoms with Crippen LogP contribution in [0.5, 0.6) is 11.5 Å². The van der Waals surface area contributed by atoms with Crippen molar-refractivity contribution < 1.29 is 39.7 Å². The Morgan fingerprint density at radius 3 is 2.27 bits per heavy atom. The number of benzene rings is 2. The molecule has 0 amide bonds. The average Bonchev–Trinajstić information content (AvgIpc) is 3.61. The van der Waals surface area contributed by atoms with Crippen molar-refractivity contribution in [3.63, 3.8) is 0 Å². The molecule has 1 heterocycles. The Labute approximate surface area is 193 Å². The summed E-state index contributed by atoms with van der Waals surface area (Å²) in [7, 11) is 0. The molecule has 180 valence electrons. The lowest BCUT2D eigenvalue weighted by Crippen LogP contribution is -2.61. The second-order valence-corrected chi connectivity index (χ2v) is 8.98. The molecule has 0 radical (unpaired) electrons. The van der Waals surface area contributed by atoms with E-state index in [-0.39, 0.29) is 6.61 Å². The highest BCUT2D eigenvalue weighted by Gasteiger charge is 2.46. The molecule has 0 bridgehead atoms. The molecular weight excluding hydrogens is 428 g/mol. The SMILES string of the molecule is Cc1cc(CO)cc(O[C@@H]2O[C@H]([C@H](C)O)[C@@H](O)[C@H](O)[C@H]2O)c1Cc1ccc(OC2CC2)cc1. The third kappa shape index (κ3) is 5.48. The largest absolute Gasteiger partial charge is 0.490 e. The minimum absolute atomic E-state index is 0.198. The highest BCUT2D eigenvalue weighted by molar-refractivity contribution is 5.46. The van der Waals surface area contributed by atoms with E-state index >= 15 is 0 Å². The average molecular weight is 461 g/mol. The molecule has 0 aromatic heterocycles. The summed E-state index contributed by atoms with van der Waals surface area (Å²) in [5.41, 5.74) is 3.35. The van der Waals surface area contributed by atoms with Crippen LogP contribution in [0.15, 0.2) is 36.4 Å². The Kier molecular flexibility index (Phi) is 7.23. The third-order valence-corrected chi connectivity index (χ3v) is 6.13. The van der Waals surface area contributed by atoms with Crippen LogP contribution >= 0.6 is 0 Å². The van der Waals surface area contributed by atoms with E-state index in [4.69, 9.17) is 14.2 Å². The second kappa shape index (κ2) is 9.97. The number of aliphatic hydroxyl groups is 5. The summed E-state index contributed by atoms with van der Waals surface area (Å²) < 4.78 is 17.4. The van der Waals surface area contributed by atoms with Crippen molar-refractivity contribution in [2.24, 2.45) is 0 Å². The van der Waals surface area contributed by atoms with Gasteiger partial charge in [0.15, 0.2) is 0 Å². The number of rotatable bonds is 8. The molecule has 33 heavy (non-hydrogen) atoms. The molecule has 1 aliphatic carbocycles. The summed E-state index contributed by atoms with van der Waals surface area (Å²) in [6.07, 6.45) is -5.04. The lowest BCUT2D eigenvalue weighted by atomic mass is 9.95. The van der Waals surface area contributed by atoms with Crippen molar-refractivity contribution in [2.45, 2.75) is 82.6 Å². The molecule has 1 saturated heterocycles. The molecule has 8 heteroatoms. The number of aryl methyl sites for hydroxylation is 1. The van der Waals surface area contributed by atoms with Crippen molar-refractivity contribution >= 4 is 0 Å². The zero-order chi connectivity index (χ0) is 23.7. The van der Waals surface area contributed by atoms with Gasteiger partial charge in [-0.1, -0.05) is 18.2 Å². The van der Waals surface area contributed by atoms with Crippen LogP contribution in [0.25, 0.3) is 0 Å². The van der Waals surface area contributed by atoms with Gasteiger partial charge in [0.05, 0.1) is 18.8 Å². The van der Waals surface area contributed by atoms with Crippen LogP contribution in [0.2, 0.25) is 0 Å². The molecule has 5 N–H and O–H groups in total. The van der Waals surface area contributed by atoms with Gasteiger partial charge in [0.1, 0.15) is 35.9 Å². The van der Waals surface area contributed by atoms with Crippen LogP contribution in [0.3, 0.4) is 0 Å². The van der Waals surface area contributed by atoms with Crippen LogP contribution in [-0.2, 0) is 17.8 Å². The molecule has 1 aliphatic heterocycles. The fourth-order valence-corrected chi connectivity index (χ4v) is 4.04. The highest BCUT2D eigenvalue weighted by Crippen LogP contribution is 2.33. The lowest BCUT2D eigenvalue weighted by molar-refractivity contribution is -0.286. The van der Waals surface area contributed by atoms with E-state index in [1.54, 1.807) is 6.07 Å². The van der Waals surface area contributed by atoms with Gasteiger partial charge in [-0.25, -0.2) is 0 Å². The standard InChI is InChI=1S/C25H32O8/c1-13-9-16(12-26)11-20(32-25-23(30)21(28)22(29)24(33-25)14(2)27)19(13)10-15-3-5-17(6-4-15)31-18-7-8-18/h3-6,9,11,14,18,21-30H,7-8,10,12H2,1-2H3/t14-,21-,22-,23+,24+,25+/m0/s1. The van der Waals surface area contributed by atoms with Crippen LogP contribution < -0.4 is 9.47 Å². The molecule has 2 aliphatic rings. The monoisotopic (exact) mass is 460 g/mol. The van der Waals surface area contributed by atoms with Crippen molar-refractivity contribution in [1.29, 1.82) is 0 Å². The Bertz CT molecular complexity index is 940. The van der Waals surface area contributed by atoms with Gasteiger partial charge in [-0.3, -0.25) is 0 Å². The Morgan fingerprint density at radius 1 is 0.970 bits per heavy atom. The van der Waals surface area contributed by atoms with Gasteiger partial charge in [-0.15, -0.1) is 0 Å². The van der Waals surface area contributed by atoms with Gasteiger partial charge in [-0.2, -0.15) is 0 Å². The summed E-state index contributed by atoms with van der Waals surface area (Å²) in [4.78, 5) is 0. The van der Waals surface area contributed by atoms with Crippen molar-refractivity contribution in [1.82, 2.24) is 0 Å². The third-order valence-electron chi connectivity index (χ3n) is 6.13. The maximum Gasteiger partial charge on any atom is 0.229 e. The Balaban J connectivity index is 1.58. The van der Waals surface area contributed by atoms with Crippen molar-refractivity contribution in [2.75, 3.05) is 0 Å². The van der Waals surface area contributed by atoms with Crippen molar-refractivity contribution in [3.05, 3.63) is 58.7 Å². The first-order valence-corrected chi connectivity index (χ1v) is 11.3. The first kappa shape index (κ1) is 23.9. The summed E-state index contributed by atoms with van der Waals surface area (Å²) in [5.74, 6) is 1.22. The number of aliphatic hydroxyl groups excluding tert-OH is 5. The van der Waals surface area contributed by atoms with E-state index in [0.717, 1.165) is 35.3 Å². The molecule has 0 spiro atoms. The topological polar surface area (TPSA) is 129 Å². The van der Waals surface area contributed by atoms with Gasteiger partial charge in [0, 0.05) is 12.0 Å². The maximum atomic E-state index is 10.4. The Hall–Kier alpha value is -2.20. The van der Waals surface area contributed by atoms with Crippen LogP contribution in [0, 0.1) is 6.92 Å². The molecule has 4 rings (SSSR count). The van der Waals surface area contributed by atoms with Gasteiger partial charge in [-0.05, 0) is 61.6 Å². The van der Waals surface area contributed by atoms with E-state index in [1.807, 2.05) is 37.3 Å². The lowest BCUT2D eigenvalue weighted by Gasteiger charge is -2.41. The normalized spacial score (nSPS) is 28.4. The zero-order valence-electron chi connectivity index (χ0n) is 18.8. The van der Waals surface area contributed by atoms with E-state index in [2.05, 4.69) is 0 Å². The summed E-state index contributed by atoms with van der Waals surface area (Å²) in [6, 6.07) is 11.4. The molecular formula is C25H32O8. The molecule has 2 fully saturated rings. The molecule has 8 nitrogen and oxygen atoms in total. The smallest absolute Gasteiger partial charge is 0.229 e. The quantitative estimate of drug-likeness (QED) is 0.397. The maximum absolute atomic E-state index is 10.4. The fourth-order valence-electron chi connectivity index (χ4n) is 4.04. The number of hydrogen-bond acceptors (Lipinski definition) is 8. The number of ether oxygens (including phenoxy) is 3. The Morgan fingerprint density at radius 2 is 1.67 bits per heavy atom. The minimum Gasteiger partial charge on any atom is -0.490 e. The van der Waals surface area contributed by atoms with Gasteiger partial charge in [0.25, 0.3) is 0 Å². The van der Waals surface area contributed by atoms with Gasteiger partial charge in [0.2, 0.25) is 6.29 Å². The van der Waals surface area contributed by atoms with Crippen molar-refractivity contribution in [3.8, 4) is 11.5 Å². The molecule has 6 atom stereocenters.